The minimum Gasteiger partial charge on any atom is -0.493 e. The Kier molecular flexibility index (Phi) is 3.49. The van der Waals surface area contributed by atoms with Crippen LogP contribution in [0.25, 0.3) is 0 Å². The summed E-state index contributed by atoms with van der Waals surface area (Å²) < 4.78 is 45.5. The number of nitrogens with one attached hydrogen (secondary N) is 1. The third kappa shape index (κ3) is 2.68. The van der Waals surface area contributed by atoms with Gasteiger partial charge in [0.25, 0.3) is 0 Å². The van der Waals surface area contributed by atoms with E-state index in [9.17, 15) is 13.2 Å². The molecule has 21 heavy (non-hydrogen) atoms. The van der Waals surface area contributed by atoms with Crippen molar-refractivity contribution in [2.45, 2.75) is 19.4 Å². The first kappa shape index (κ1) is 13.8. The Morgan fingerprint density at radius 3 is 2.76 bits per heavy atom. The van der Waals surface area contributed by atoms with Gasteiger partial charge in [-0.05, 0) is 30.2 Å². The molecule has 0 aromatic heterocycles. The highest BCUT2D eigenvalue weighted by Crippen LogP contribution is 2.30. The largest absolute Gasteiger partial charge is 0.493 e. The zero-order chi connectivity index (χ0) is 15.0. The summed E-state index contributed by atoms with van der Waals surface area (Å²) in [4.78, 5) is 0. The molecule has 0 fully saturated rings. The Labute approximate surface area is 120 Å². The summed E-state index contributed by atoms with van der Waals surface area (Å²) in [6.45, 7) is 2.46. The van der Waals surface area contributed by atoms with E-state index in [1.165, 1.54) is 0 Å². The van der Waals surface area contributed by atoms with E-state index >= 15 is 0 Å². The van der Waals surface area contributed by atoms with Crippen molar-refractivity contribution in [2.75, 3.05) is 11.9 Å². The number of rotatable bonds is 3. The van der Waals surface area contributed by atoms with Gasteiger partial charge in [0, 0.05) is 24.6 Å². The summed E-state index contributed by atoms with van der Waals surface area (Å²) in [5.74, 6) is -2.24. The van der Waals surface area contributed by atoms with Gasteiger partial charge in [-0.15, -0.1) is 0 Å². The molecule has 0 saturated heterocycles. The van der Waals surface area contributed by atoms with E-state index in [2.05, 4.69) is 5.32 Å². The molecule has 0 saturated carbocycles. The van der Waals surface area contributed by atoms with Crippen LogP contribution in [0.5, 0.6) is 5.75 Å². The zero-order valence-corrected chi connectivity index (χ0v) is 11.4. The van der Waals surface area contributed by atoms with Crippen LogP contribution in [0.3, 0.4) is 0 Å². The second-order valence-electron chi connectivity index (χ2n) is 5.08. The van der Waals surface area contributed by atoms with Gasteiger partial charge in [-0.1, -0.05) is 6.07 Å². The molecule has 1 aliphatic rings. The SMILES string of the molecule is CC(Nc1cc(F)cc(F)c1F)c1ccc2c(c1)CCO2. The molecule has 2 aromatic rings. The first-order valence-electron chi connectivity index (χ1n) is 6.71. The van der Waals surface area contributed by atoms with Crippen molar-refractivity contribution in [1.29, 1.82) is 0 Å². The highest BCUT2D eigenvalue weighted by molar-refractivity contribution is 5.49. The second-order valence-corrected chi connectivity index (χ2v) is 5.08. The Bertz CT molecular complexity index is 687. The molecule has 0 bridgehead atoms. The van der Waals surface area contributed by atoms with Crippen molar-refractivity contribution in [2.24, 2.45) is 0 Å². The molecular formula is C16H14F3NO. The molecular weight excluding hydrogens is 279 g/mol. The molecule has 1 aliphatic heterocycles. The lowest BCUT2D eigenvalue weighted by atomic mass is 10.0. The maximum absolute atomic E-state index is 13.7. The fourth-order valence-corrected chi connectivity index (χ4v) is 2.45. The van der Waals surface area contributed by atoms with Gasteiger partial charge in [-0.25, -0.2) is 13.2 Å². The molecule has 110 valence electrons. The predicted molar refractivity (Wildman–Crippen MR) is 74.0 cm³/mol. The molecule has 0 amide bonds. The number of hydrogen-bond donors (Lipinski definition) is 1. The van der Waals surface area contributed by atoms with Crippen LogP contribution in [0.4, 0.5) is 18.9 Å². The molecule has 0 spiro atoms. The molecule has 1 heterocycles. The van der Waals surface area contributed by atoms with Crippen molar-refractivity contribution in [3.63, 3.8) is 0 Å². The average Bonchev–Trinajstić information content (AvgIpc) is 2.91. The van der Waals surface area contributed by atoms with Gasteiger partial charge < -0.3 is 10.1 Å². The maximum Gasteiger partial charge on any atom is 0.182 e. The third-order valence-electron chi connectivity index (χ3n) is 3.58. The monoisotopic (exact) mass is 293 g/mol. The minimum absolute atomic E-state index is 0.184. The van der Waals surface area contributed by atoms with Crippen LogP contribution in [-0.4, -0.2) is 6.61 Å². The van der Waals surface area contributed by atoms with Gasteiger partial charge in [-0.2, -0.15) is 0 Å². The average molecular weight is 293 g/mol. The van der Waals surface area contributed by atoms with E-state index < -0.39 is 17.5 Å². The minimum atomic E-state index is -1.20. The Morgan fingerprint density at radius 2 is 1.95 bits per heavy atom. The molecule has 1 atom stereocenters. The Hall–Kier alpha value is -2.17. The van der Waals surface area contributed by atoms with E-state index in [4.69, 9.17) is 4.74 Å². The normalized spacial score (nSPS) is 14.5. The summed E-state index contributed by atoms with van der Waals surface area (Å²) in [6.07, 6.45) is 0.832. The molecule has 2 aromatic carbocycles. The quantitative estimate of drug-likeness (QED) is 0.856. The number of hydrogen-bond acceptors (Lipinski definition) is 2. The fourth-order valence-electron chi connectivity index (χ4n) is 2.45. The number of benzene rings is 2. The van der Waals surface area contributed by atoms with Crippen LogP contribution in [0.2, 0.25) is 0 Å². The molecule has 1 unspecified atom stereocenters. The van der Waals surface area contributed by atoms with E-state index in [-0.39, 0.29) is 11.7 Å². The van der Waals surface area contributed by atoms with Gasteiger partial charge in [0.2, 0.25) is 0 Å². The lowest BCUT2D eigenvalue weighted by molar-refractivity contribution is 0.357. The molecule has 0 radical (unpaired) electrons. The summed E-state index contributed by atoms with van der Waals surface area (Å²) in [5.41, 5.74) is 1.81. The van der Waals surface area contributed by atoms with Crippen molar-refractivity contribution >= 4 is 5.69 Å². The van der Waals surface area contributed by atoms with Crippen LogP contribution in [0, 0.1) is 17.5 Å². The first-order valence-corrected chi connectivity index (χ1v) is 6.71. The molecule has 2 nitrogen and oxygen atoms in total. The smallest absolute Gasteiger partial charge is 0.182 e. The van der Waals surface area contributed by atoms with E-state index in [1.54, 1.807) is 6.92 Å². The van der Waals surface area contributed by atoms with Gasteiger partial charge in [-0.3, -0.25) is 0 Å². The van der Waals surface area contributed by atoms with E-state index in [0.717, 1.165) is 29.4 Å². The maximum atomic E-state index is 13.7. The number of halogens is 3. The highest BCUT2D eigenvalue weighted by atomic mass is 19.2. The third-order valence-corrected chi connectivity index (χ3v) is 3.58. The molecule has 1 N–H and O–H groups in total. The standard InChI is InChI=1S/C16H14F3NO/c1-9(10-2-3-15-11(6-10)4-5-21-15)20-14-8-12(17)7-13(18)16(14)19/h2-3,6-9,20H,4-5H2,1H3. The first-order chi connectivity index (χ1) is 10.0. The predicted octanol–water partition coefficient (Wildman–Crippen LogP) is 4.21. The Balaban J connectivity index is 1.85. The van der Waals surface area contributed by atoms with Gasteiger partial charge >= 0.3 is 0 Å². The number of anilines is 1. The van der Waals surface area contributed by atoms with Crippen molar-refractivity contribution in [1.82, 2.24) is 0 Å². The number of fused-ring (bicyclic) bond motifs is 1. The van der Waals surface area contributed by atoms with Gasteiger partial charge in [0.15, 0.2) is 11.6 Å². The molecule has 3 rings (SSSR count). The summed E-state index contributed by atoms with van der Waals surface area (Å²) in [7, 11) is 0. The molecule has 0 aliphatic carbocycles. The Morgan fingerprint density at radius 1 is 1.14 bits per heavy atom. The van der Waals surface area contributed by atoms with Gasteiger partial charge in [0.05, 0.1) is 12.3 Å². The van der Waals surface area contributed by atoms with Crippen LogP contribution < -0.4 is 10.1 Å². The van der Waals surface area contributed by atoms with Crippen molar-refractivity contribution < 1.29 is 17.9 Å². The van der Waals surface area contributed by atoms with E-state index in [1.807, 2.05) is 18.2 Å². The van der Waals surface area contributed by atoms with Crippen LogP contribution in [0.1, 0.15) is 24.1 Å². The van der Waals surface area contributed by atoms with Crippen LogP contribution >= 0.6 is 0 Å². The summed E-state index contributed by atoms with van der Waals surface area (Å²) >= 11 is 0. The van der Waals surface area contributed by atoms with Crippen LogP contribution in [0.15, 0.2) is 30.3 Å². The van der Waals surface area contributed by atoms with E-state index in [0.29, 0.717) is 12.7 Å². The van der Waals surface area contributed by atoms with Crippen molar-refractivity contribution in [3.05, 3.63) is 58.9 Å². The number of ether oxygens (including phenoxy) is 1. The lowest BCUT2D eigenvalue weighted by Gasteiger charge is -2.17. The van der Waals surface area contributed by atoms with Crippen LogP contribution in [-0.2, 0) is 6.42 Å². The zero-order valence-electron chi connectivity index (χ0n) is 11.4. The highest BCUT2D eigenvalue weighted by Gasteiger charge is 2.17. The fraction of sp³-hybridized carbons (Fsp3) is 0.250. The molecule has 5 heteroatoms. The lowest BCUT2D eigenvalue weighted by Crippen LogP contribution is -2.09. The summed E-state index contributed by atoms with van der Waals surface area (Å²) in [6, 6.07) is 6.87. The van der Waals surface area contributed by atoms with Crippen molar-refractivity contribution in [3.8, 4) is 5.75 Å². The topological polar surface area (TPSA) is 21.3 Å². The van der Waals surface area contributed by atoms with Gasteiger partial charge in [0.1, 0.15) is 11.6 Å². The summed E-state index contributed by atoms with van der Waals surface area (Å²) in [5, 5.41) is 2.80. The second kappa shape index (κ2) is 5.31.